The Labute approximate surface area is 101 Å². The van der Waals surface area contributed by atoms with E-state index in [9.17, 15) is 4.79 Å². The van der Waals surface area contributed by atoms with Crippen LogP contribution in [-0.2, 0) is 11.3 Å². The Morgan fingerprint density at radius 3 is 2.82 bits per heavy atom. The molecule has 0 saturated heterocycles. The molecule has 1 amide bonds. The van der Waals surface area contributed by atoms with Gasteiger partial charge in [0.25, 0.3) is 0 Å². The molecule has 0 aliphatic rings. The molecule has 5 nitrogen and oxygen atoms in total. The summed E-state index contributed by atoms with van der Waals surface area (Å²) < 4.78 is 10.6. The Hall–Kier alpha value is -1.75. The maximum Gasteiger partial charge on any atom is 0.223 e. The van der Waals surface area contributed by atoms with E-state index in [1.807, 2.05) is 12.1 Å². The highest BCUT2D eigenvalue weighted by molar-refractivity contribution is 5.75. The Bertz CT molecular complexity index is 380. The standard InChI is InChI=1S/C12H18N2O3/c1-14-12(15)5-6-17-11-7-10(16-2)4-3-9(11)8-13/h3-4,7H,5-6,8,13H2,1-2H3,(H,14,15). The summed E-state index contributed by atoms with van der Waals surface area (Å²) in [5.74, 6) is 1.31. The molecule has 0 radical (unpaired) electrons. The number of nitrogens with one attached hydrogen (secondary N) is 1. The summed E-state index contributed by atoms with van der Waals surface area (Å²) in [7, 11) is 3.19. The molecule has 0 unspecified atom stereocenters. The minimum absolute atomic E-state index is 0.0535. The van der Waals surface area contributed by atoms with Crippen molar-refractivity contribution in [2.45, 2.75) is 13.0 Å². The smallest absolute Gasteiger partial charge is 0.223 e. The summed E-state index contributed by atoms with van der Waals surface area (Å²) in [6.07, 6.45) is 0.317. The van der Waals surface area contributed by atoms with Gasteiger partial charge in [0.15, 0.2) is 0 Å². The van der Waals surface area contributed by atoms with E-state index in [-0.39, 0.29) is 5.91 Å². The highest BCUT2D eigenvalue weighted by Crippen LogP contribution is 2.24. The number of hydrogen-bond acceptors (Lipinski definition) is 4. The predicted molar refractivity (Wildman–Crippen MR) is 65.1 cm³/mol. The molecule has 0 saturated carbocycles. The van der Waals surface area contributed by atoms with Crippen molar-refractivity contribution in [3.63, 3.8) is 0 Å². The lowest BCUT2D eigenvalue weighted by Gasteiger charge is -2.11. The summed E-state index contributed by atoms with van der Waals surface area (Å²) in [5, 5.41) is 2.53. The summed E-state index contributed by atoms with van der Waals surface area (Å²) in [6.45, 7) is 0.707. The lowest BCUT2D eigenvalue weighted by molar-refractivity contribution is -0.121. The highest BCUT2D eigenvalue weighted by atomic mass is 16.5. The fraction of sp³-hybridized carbons (Fsp3) is 0.417. The molecular formula is C12H18N2O3. The molecule has 1 aromatic carbocycles. The van der Waals surface area contributed by atoms with E-state index in [0.29, 0.717) is 31.1 Å². The second-order valence-electron chi connectivity index (χ2n) is 3.45. The van der Waals surface area contributed by atoms with Gasteiger partial charge in [-0.15, -0.1) is 0 Å². The molecule has 3 N–H and O–H groups in total. The summed E-state index contributed by atoms with van der Waals surface area (Å²) >= 11 is 0. The number of amides is 1. The van der Waals surface area contributed by atoms with Gasteiger partial charge < -0.3 is 20.5 Å². The van der Waals surface area contributed by atoms with Crippen molar-refractivity contribution in [3.8, 4) is 11.5 Å². The number of nitrogens with two attached hydrogens (primary N) is 1. The zero-order chi connectivity index (χ0) is 12.7. The van der Waals surface area contributed by atoms with Gasteiger partial charge in [-0.2, -0.15) is 0 Å². The molecule has 0 bridgehead atoms. The van der Waals surface area contributed by atoms with Gasteiger partial charge in [-0.1, -0.05) is 6.07 Å². The van der Waals surface area contributed by atoms with E-state index in [0.717, 1.165) is 5.56 Å². The van der Waals surface area contributed by atoms with Crippen molar-refractivity contribution < 1.29 is 14.3 Å². The molecule has 0 fully saturated rings. The topological polar surface area (TPSA) is 73.6 Å². The van der Waals surface area contributed by atoms with Crippen LogP contribution in [0.2, 0.25) is 0 Å². The second kappa shape index (κ2) is 6.75. The summed E-state index contributed by atoms with van der Waals surface area (Å²) in [5.41, 5.74) is 6.49. The minimum Gasteiger partial charge on any atom is -0.497 e. The van der Waals surface area contributed by atoms with Crippen LogP contribution in [0.3, 0.4) is 0 Å². The Balaban J connectivity index is 2.64. The zero-order valence-electron chi connectivity index (χ0n) is 10.2. The number of carbonyl (C=O) groups is 1. The summed E-state index contributed by atoms with van der Waals surface area (Å²) in [4.78, 5) is 11.0. The van der Waals surface area contributed by atoms with E-state index in [1.165, 1.54) is 0 Å². The Morgan fingerprint density at radius 1 is 1.47 bits per heavy atom. The third-order valence-corrected chi connectivity index (χ3v) is 2.36. The van der Waals surface area contributed by atoms with Crippen LogP contribution in [0.25, 0.3) is 0 Å². The van der Waals surface area contributed by atoms with Gasteiger partial charge in [0.05, 0.1) is 20.1 Å². The van der Waals surface area contributed by atoms with Crippen LogP contribution < -0.4 is 20.5 Å². The quantitative estimate of drug-likeness (QED) is 0.764. The van der Waals surface area contributed by atoms with E-state index in [1.54, 1.807) is 20.2 Å². The normalized spacial score (nSPS) is 9.82. The third kappa shape index (κ3) is 3.96. The van der Waals surface area contributed by atoms with Gasteiger partial charge in [-0.05, 0) is 6.07 Å². The van der Waals surface area contributed by atoms with Crippen LogP contribution in [0.15, 0.2) is 18.2 Å². The first-order chi connectivity index (χ1) is 8.21. The van der Waals surface area contributed by atoms with Gasteiger partial charge in [0, 0.05) is 25.2 Å². The van der Waals surface area contributed by atoms with Gasteiger partial charge in [0.1, 0.15) is 11.5 Å². The molecule has 1 rings (SSSR count). The molecule has 0 aliphatic carbocycles. The lowest BCUT2D eigenvalue weighted by atomic mass is 10.2. The number of methoxy groups -OCH3 is 1. The number of carbonyl (C=O) groups excluding carboxylic acids is 1. The van der Waals surface area contributed by atoms with Gasteiger partial charge in [0.2, 0.25) is 5.91 Å². The Kier molecular flexibility index (Phi) is 5.29. The van der Waals surface area contributed by atoms with Crippen LogP contribution in [0.1, 0.15) is 12.0 Å². The number of benzene rings is 1. The van der Waals surface area contributed by atoms with E-state index in [2.05, 4.69) is 5.32 Å². The minimum atomic E-state index is -0.0535. The fourth-order valence-electron chi connectivity index (χ4n) is 1.34. The van der Waals surface area contributed by atoms with Gasteiger partial charge in [-0.25, -0.2) is 0 Å². The number of rotatable bonds is 6. The zero-order valence-corrected chi connectivity index (χ0v) is 10.2. The van der Waals surface area contributed by atoms with Crippen LogP contribution in [-0.4, -0.2) is 26.7 Å². The molecule has 1 aromatic rings. The first kappa shape index (κ1) is 13.3. The van der Waals surface area contributed by atoms with Crippen molar-refractivity contribution >= 4 is 5.91 Å². The molecule has 17 heavy (non-hydrogen) atoms. The van der Waals surface area contributed by atoms with E-state index >= 15 is 0 Å². The van der Waals surface area contributed by atoms with Crippen molar-refractivity contribution in [3.05, 3.63) is 23.8 Å². The second-order valence-corrected chi connectivity index (χ2v) is 3.45. The van der Waals surface area contributed by atoms with Crippen LogP contribution in [0.4, 0.5) is 0 Å². The average molecular weight is 238 g/mol. The molecule has 0 aromatic heterocycles. The summed E-state index contributed by atoms with van der Waals surface area (Å²) in [6, 6.07) is 5.45. The van der Waals surface area contributed by atoms with Crippen molar-refractivity contribution in [1.29, 1.82) is 0 Å². The number of hydrogen-bond donors (Lipinski definition) is 2. The molecule has 0 aliphatic heterocycles. The fourth-order valence-corrected chi connectivity index (χ4v) is 1.34. The average Bonchev–Trinajstić information content (AvgIpc) is 2.38. The molecule has 5 heteroatoms. The third-order valence-electron chi connectivity index (χ3n) is 2.36. The molecule has 0 spiro atoms. The van der Waals surface area contributed by atoms with Crippen LogP contribution in [0.5, 0.6) is 11.5 Å². The molecular weight excluding hydrogens is 220 g/mol. The first-order valence-corrected chi connectivity index (χ1v) is 5.41. The van der Waals surface area contributed by atoms with Gasteiger partial charge >= 0.3 is 0 Å². The first-order valence-electron chi connectivity index (χ1n) is 5.41. The van der Waals surface area contributed by atoms with E-state index in [4.69, 9.17) is 15.2 Å². The number of ether oxygens (including phenoxy) is 2. The molecule has 94 valence electrons. The lowest BCUT2D eigenvalue weighted by Crippen LogP contribution is -2.20. The monoisotopic (exact) mass is 238 g/mol. The van der Waals surface area contributed by atoms with Crippen molar-refractivity contribution in [2.75, 3.05) is 20.8 Å². The maximum atomic E-state index is 11.0. The molecule has 0 heterocycles. The van der Waals surface area contributed by atoms with Crippen molar-refractivity contribution in [2.24, 2.45) is 5.73 Å². The predicted octanol–water partition coefficient (Wildman–Crippen LogP) is 0.669. The maximum absolute atomic E-state index is 11.0. The Morgan fingerprint density at radius 2 is 2.24 bits per heavy atom. The highest BCUT2D eigenvalue weighted by Gasteiger charge is 2.05. The SMILES string of the molecule is CNC(=O)CCOc1cc(OC)ccc1CN. The van der Waals surface area contributed by atoms with E-state index < -0.39 is 0 Å². The van der Waals surface area contributed by atoms with Gasteiger partial charge in [-0.3, -0.25) is 4.79 Å². The molecule has 0 atom stereocenters. The van der Waals surface area contributed by atoms with Crippen molar-refractivity contribution in [1.82, 2.24) is 5.32 Å². The van der Waals surface area contributed by atoms with Crippen LogP contribution in [0, 0.1) is 0 Å². The largest absolute Gasteiger partial charge is 0.497 e. The van der Waals surface area contributed by atoms with Crippen LogP contribution >= 0.6 is 0 Å².